The highest BCUT2D eigenvalue weighted by atomic mass is 16.5. The molecule has 4 rings (SSSR count). The highest BCUT2D eigenvalue weighted by Crippen LogP contribution is 2.42. The van der Waals surface area contributed by atoms with E-state index in [2.05, 4.69) is 0 Å². The fourth-order valence-electron chi connectivity index (χ4n) is 3.93. The van der Waals surface area contributed by atoms with Crippen molar-refractivity contribution < 1.29 is 29.0 Å². The Morgan fingerprint density at radius 3 is 2.12 bits per heavy atom. The van der Waals surface area contributed by atoms with Crippen LogP contribution in [0.25, 0.3) is 5.76 Å². The summed E-state index contributed by atoms with van der Waals surface area (Å²) in [6, 6.07) is 21.0. The molecule has 0 aliphatic carbocycles. The first-order chi connectivity index (χ1) is 16.5. The molecule has 1 heterocycles. The standard InChI is InChI=1S/C27H23NO6/c1-3-34-27(32)19-9-13-20(14-10-19)28-23(17-7-5-4-6-8-17)22(25(30)26(28)31)24(29)18-11-15-21(33-2)16-12-18/h4-16,23,29H,3H2,1-2H3/b24-22+. The molecule has 1 N–H and O–H groups in total. The third kappa shape index (κ3) is 4.15. The summed E-state index contributed by atoms with van der Waals surface area (Å²) in [5.41, 5.74) is 1.77. The number of amides is 1. The van der Waals surface area contributed by atoms with Crippen LogP contribution in [0.1, 0.15) is 34.5 Å². The molecule has 1 unspecified atom stereocenters. The van der Waals surface area contributed by atoms with Crippen molar-refractivity contribution in [2.45, 2.75) is 13.0 Å². The van der Waals surface area contributed by atoms with Crippen LogP contribution >= 0.6 is 0 Å². The lowest BCUT2D eigenvalue weighted by molar-refractivity contribution is -0.132. The van der Waals surface area contributed by atoms with Crippen molar-refractivity contribution in [3.05, 3.63) is 101 Å². The second-order valence-electron chi connectivity index (χ2n) is 7.58. The zero-order valence-corrected chi connectivity index (χ0v) is 18.7. The van der Waals surface area contributed by atoms with Crippen LogP contribution in [-0.2, 0) is 14.3 Å². The third-order valence-electron chi connectivity index (χ3n) is 5.58. The van der Waals surface area contributed by atoms with E-state index in [0.717, 1.165) is 0 Å². The molecular formula is C27H23NO6. The number of ketones is 1. The van der Waals surface area contributed by atoms with Crippen LogP contribution in [0, 0.1) is 0 Å². The fraction of sp³-hybridized carbons (Fsp3) is 0.148. The summed E-state index contributed by atoms with van der Waals surface area (Å²) in [7, 11) is 1.53. The van der Waals surface area contributed by atoms with Crippen molar-refractivity contribution in [3.8, 4) is 5.75 Å². The number of anilines is 1. The van der Waals surface area contributed by atoms with Crippen LogP contribution in [0.4, 0.5) is 5.69 Å². The Morgan fingerprint density at radius 2 is 1.53 bits per heavy atom. The monoisotopic (exact) mass is 457 g/mol. The van der Waals surface area contributed by atoms with Gasteiger partial charge in [0.15, 0.2) is 0 Å². The summed E-state index contributed by atoms with van der Waals surface area (Å²) in [5.74, 6) is -1.72. The Hall–Kier alpha value is -4.39. The number of rotatable bonds is 6. The number of hydrogen-bond donors (Lipinski definition) is 1. The molecule has 3 aromatic rings. The van der Waals surface area contributed by atoms with Crippen molar-refractivity contribution in [2.75, 3.05) is 18.6 Å². The van der Waals surface area contributed by atoms with Gasteiger partial charge < -0.3 is 14.6 Å². The van der Waals surface area contributed by atoms with Crippen molar-refractivity contribution in [1.29, 1.82) is 0 Å². The number of nitrogens with zero attached hydrogens (tertiary/aromatic N) is 1. The molecule has 7 heteroatoms. The molecular weight excluding hydrogens is 434 g/mol. The van der Waals surface area contributed by atoms with Gasteiger partial charge >= 0.3 is 5.97 Å². The smallest absolute Gasteiger partial charge is 0.338 e. The molecule has 1 aliphatic heterocycles. The number of aliphatic hydroxyl groups is 1. The van der Waals surface area contributed by atoms with Crippen molar-refractivity contribution in [1.82, 2.24) is 0 Å². The van der Waals surface area contributed by atoms with E-state index >= 15 is 0 Å². The first-order valence-electron chi connectivity index (χ1n) is 10.7. The van der Waals surface area contributed by atoms with Gasteiger partial charge in [-0.2, -0.15) is 0 Å². The van der Waals surface area contributed by atoms with Gasteiger partial charge in [0.05, 0.1) is 30.9 Å². The Morgan fingerprint density at radius 1 is 0.912 bits per heavy atom. The third-order valence-corrected chi connectivity index (χ3v) is 5.58. The van der Waals surface area contributed by atoms with E-state index in [-0.39, 0.29) is 17.9 Å². The lowest BCUT2D eigenvalue weighted by atomic mass is 9.95. The van der Waals surface area contributed by atoms with Gasteiger partial charge in [0, 0.05) is 11.3 Å². The molecule has 0 bridgehead atoms. The predicted molar refractivity (Wildman–Crippen MR) is 127 cm³/mol. The van der Waals surface area contributed by atoms with E-state index in [1.807, 2.05) is 6.07 Å². The number of carbonyl (C=O) groups excluding carboxylic acids is 3. The molecule has 1 fully saturated rings. The number of hydrogen-bond acceptors (Lipinski definition) is 6. The largest absolute Gasteiger partial charge is 0.507 e. The molecule has 1 aliphatic rings. The Kier molecular flexibility index (Phi) is 6.45. The van der Waals surface area contributed by atoms with E-state index in [1.165, 1.54) is 24.1 Å². The maximum Gasteiger partial charge on any atom is 0.338 e. The molecule has 0 spiro atoms. The summed E-state index contributed by atoms with van der Waals surface area (Å²) in [6.07, 6.45) is 0. The first kappa shape index (κ1) is 22.8. The van der Waals surface area contributed by atoms with E-state index in [4.69, 9.17) is 9.47 Å². The van der Waals surface area contributed by atoms with Crippen LogP contribution in [-0.4, -0.2) is 36.5 Å². The van der Waals surface area contributed by atoms with E-state index in [9.17, 15) is 19.5 Å². The number of ether oxygens (including phenoxy) is 2. The number of methoxy groups -OCH3 is 1. The highest BCUT2D eigenvalue weighted by Gasteiger charge is 2.46. The zero-order valence-electron chi connectivity index (χ0n) is 18.7. The average Bonchev–Trinajstić information content (AvgIpc) is 3.14. The summed E-state index contributed by atoms with van der Waals surface area (Å²) in [6.45, 7) is 1.96. The molecule has 1 saturated heterocycles. The van der Waals surface area contributed by atoms with Crippen LogP contribution in [0.3, 0.4) is 0 Å². The van der Waals surface area contributed by atoms with Gasteiger partial charge in [0.2, 0.25) is 0 Å². The highest BCUT2D eigenvalue weighted by molar-refractivity contribution is 6.51. The van der Waals surface area contributed by atoms with Gasteiger partial charge in [0.25, 0.3) is 11.7 Å². The van der Waals surface area contributed by atoms with Crippen LogP contribution < -0.4 is 9.64 Å². The van der Waals surface area contributed by atoms with Crippen molar-refractivity contribution >= 4 is 29.1 Å². The summed E-state index contributed by atoms with van der Waals surface area (Å²) in [5, 5.41) is 11.1. The van der Waals surface area contributed by atoms with Crippen LogP contribution in [0.2, 0.25) is 0 Å². The maximum atomic E-state index is 13.2. The predicted octanol–water partition coefficient (Wildman–Crippen LogP) is 4.50. The zero-order chi connectivity index (χ0) is 24.2. The summed E-state index contributed by atoms with van der Waals surface area (Å²) in [4.78, 5) is 39.7. The van der Waals surface area contributed by atoms with E-state index in [1.54, 1.807) is 67.6 Å². The molecule has 172 valence electrons. The van der Waals surface area contributed by atoms with E-state index in [0.29, 0.717) is 28.1 Å². The first-order valence-corrected chi connectivity index (χ1v) is 10.7. The maximum absolute atomic E-state index is 13.2. The fourth-order valence-corrected chi connectivity index (χ4v) is 3.93. The topological polar surface area (TPSA) is 93.1 Å². The van der Waals surface area contributed by atoms with Crippen molar-refractivity contribution in [2.24, 2.45) is 0 Å². The quantitative estimate of drug-likeness (QED) is 0.254. The molecule has 0 radical (unpaired) electrons. The van der Waals surface area contributed by atoms with Gasteiger partial charge in [-0.15, -0.1) is 0 Å². The van der Waals surface area contributed by atoms with Gasteiger partial charge in [-0.25, -0.2) is 4.79 Å². The molecule has 0 aromatic heterocycles. The Bertz CT molecular complexity index is 1250. The number of aliphatic hydroxyl groups excluding tert-OH is 1. The summed E-state index contributed by atoms with van der Waals surface area (Å²) < 4.78 is 10.2. The molecule has 1 amide bonds. The number of Topliss-reactive ketones (excluding diaryl/α,β-unsaturated/α-hetero) is 1. The van der Waals surface area contributed by atoms with Crippen LogP contribution in [0.15, 0.2) is 84.4 Å². The number of esters is 1. The van der Waals surface area contributed by atoms with Gasteiger partial charge in [-0.3, -0.25) is 14.5 Å². The van der Waals surface area contributed by atoms with Gasteiger partial charge in [-0.05, 0) is 61.0 Å². The lowest BCUT2D eigenvalue weighted by Gasteiger charge is -2.25. The normalized spacial score (nSPS) is 17.0. The summed E-state index contributed by atoms with van der Waals surface area (Å²) >= 11 is 0. The average molecular weight is 457 g/mol. The molecule has 1 atom stereocenters. The minimum absolute atomic E-state index is 0.0177. The molecule has 7 nitrogen and oxygen atoms in total. The Balaban J connectivity index is 1.83. The van der Waals surface area contributed by atoms with Crippen molar-refractivity contribution in [3.63, 3.8) is 0 Å². The second-order valence-corrected chi connectivity index (χ2v) is 7.58. The molecule has 34 heavy (non-hydrogen) atoms. The van der Waals surface area contributed by atoms with E-state index < -0.39 is 23.7 Å². The number of carbonyl (C=O) groups is 3. The lowest BCUT2D eigenvalue weighted by Crippen LogP contribution is -2.29. The molecule has 3 aromatic carbocycles. The van der Waals surface area contributed by atoms with Gasteiger partial charge in [-0.1, -0.05) is 30.3 Å². The Labute approximate surface area is 196 Å². The second kappa shape index (κ2) is 9.62. The number of benzene rings is 3. The SMILES string of the molecule is CCOC(=O)c1ccc(N2C(=O)C(=O)/C(=C(/O)c3ccc(OC)cc3)C2c2ccccc2)cc1. The minimum atomic E-state index is -0.850. The van der Waals surface area contributed by atoms with Gasteiger partial charge in [0.1, 0.15) is 11.5 Å². The minimum Gasteiger partial charge on any atom is -0.507 e. The van der Waals surface area contributed by atoms with Crippen LogP contribution in [0.5, 0.6) is 5.75 Å². The molecule has 0 saturated carbocycles.